The van der Waals surface area contributed by atoms with Crippen molar-refractivity contribution in [2.24, 2.45) is 0 Å². The Morgan fingerprint density at radius 1 is 0.633 bits per heavy atom. The first-order valence-electron chi connectivity index (χ1n) is 8.78. The SMILES string of the molecule is Cl.Cl.Fc1ccc(-c2cc(NCCNc3cc(-c4ccc(F)cc4)[nH]n3)n[nH]2)cc1. The van der Waals surface area contributed by atoms with Gasteiger partial charge in [0, 0.05) is 25.2 Å². The van der Waals surface area contributed by atoms with Crippen molar-refractivity contribution in [3.05, 3.63) is 72.3 Å². The minimum absolute atomic E-state index is 0. The van der Waals surface area contributed by atoms with Gasteiger partial charge in [-0.1, -0.05) is 0 Å². The smallest absolute Gasteiger partial charge is 0.148 e. The predicted octanol–water partition coefficient (Wildman–Crippen LogP) is 5.11. The molecule has 0 atom stereocenters. The highest BCUT2D eigenvalue weighted by Gasteiger charge is 2.05. The van der Waals surface area contributed by atoms with E-state index in [-0.39, 0.29) is 36.4 Å². The van der Waals surface area contributed by atoms with E-state index in [2.05, 4.69) is 31.0 Å². The fourth-order valence-corrected chi connectivity index (χ4v) is 2.76. The number of benzene rings is 2. The van der Waals surface area contributed by atoms with Crippen LogP contribution in [0.3, 0.4) is 0 Å². The second kappa shape index (κ2) is 10.6. The lowest BCUT2D eigenvalue weighted by molar-refractivity contribution is 0.627. The van der Waals surface area contributed by atoms with Crippen molar-refractivity contribution in [3.8, 4) is 22.5 Å². The van der Waals surface area contributed by atoms with Gasteiger partial charge in [-0.05, 0) is 59.7 Å². The van der Waals surface area contributed by atoms with Crippen molar-refractivity contribution in [1.82, 2.24) is 20.4 Å². The molecule has 0 spiro atoms. The average molecular weight is 453 g/mol. The Kier molecular flexibility index (Phi) is 8.20. The van der Waals surface area contributed by atoms with Crippen LogP contribution in [0.25, 0.3) is 22.5 Å². The van der Waals surface area contributed by atoms with E-state index in [1.807, 2.05) is 12.1 Å². The highest BCUT2D eigenvalue weighted by molar-refractivity contribution is 5.85. The zero-order chi connectivity index (χ0) is 19.3. The second-order valence-corrected chi connectivity index (χ2v) is 6.20. The van der Waals surface area contributed by atoms with E-state index < -0.39 is 0 Å². The molecule has 6 nitrogen and oxygen atoms in total. The van der Waals surface area contributed by atoms with Gasteiger partial charge >= 0.3 is 0 Å². The number of nitrogens with one attached hydrogen (secondary N) is 4. The van der Waals surface area contributed by atoms with E-state index >= 15 is 0 Å². The third kappa shape index (κ3) is 5.71. The highest BCUT2D eigenvalue weighted by atomic mass is 35.5. The Labute approximate surface area is 184 Å². The Morgan fingerprint density at radius 3 is 1.37 bits per heavy atom. The van der Waals surface area contributed by atoms with Crippen molar-refractivity contribution >= 4 is 36.4 Å². The van der Waals surface area contributed by atoms with Crippen LogP contribution in [0, 0.1) is 11.6 Å². The molecule has 2 heterocycles. The number of hydrogen-bond acceptors (Lipinski definition) is 4. The van der Waals surface area contributed by atoms with Gasteiger partial charge in [-0.3, -0.25) is 10.2 Å². The number of hydrogen-bond donors (Lipinski definition) is 4. The maximum absolute atomic E-state index is 13.0. The molecule has 10 heteroatoms. The van der Waals surface area contributed by atoms with Gasteiger partial charge in [-0.2, -0.15) is 10.2 Å². The molecule has 0 fully saturated rings. The monoisotopic (exact) mass is 452 g/mol. The van der Waals surface area contributed by atoms with Crippen molar-refractivity contribution in [2.45, 2.75) is 0 Å². The molecule has 0 radical (unpaired) electrons. The zero-order valence-electron chi connectivity index (χ0n) is 15.7. The van der Waals surface area contributed by atoms with Crippen LogP contribution in [0.1, 0.15) is 0 Å². The van der Waals surface area contributed by atoms with Crippen LogP contribution in [-0.2, 0) is 0 Å². The normalized spacial score (nSPS) is 10.1. The summed E-state index contributed by atoms with van der Waals surface area (Å²) in [6.07, 6.45) is 0. The van der Waals surface area contributed by atoms with Gasteiger partial charge in [0.05, 0.1) is 11.4 Å². The van der Waals surface area contributed by atoms with Crippen molar-refractivity contribution in [1.29, 1.82) is 0 Å². The van der Waals surface area contributed by atoms with E-state index in [4.69, 9.17) is 0 Å². The molecule has 0 aliphatic rings. The van der Waals surface area contributed by atoms with Crippen molar-refractivity contribution < 1.29 is 8.78 Å². The maximum atomic E-state index is 13.0. The minimum atomic E-state index is -0.270. The summed E-state index contributed by atoms with van der Waals surface area (Å²) in [6, 6.07) is 16.2. The molecule has 2 aromatic carbocycles. The molecule has 0 unspecified atom stereocenters. The number of halogens is 4. The zero-order valence-corrected chi connectivity index (χ0v) is 17.3. The summed E-state index contributed by atoms with van der Waals surface area (Å²) in [5, 5.41) is 20.7. The van der Waals surface area contributed by atoms with Crippen molar-refractivity contribution in [3.63, 3.8) is 0 Å². The Morgan fingerprint density at radius 2 is 1.00 bits per heavy atom. The highest BCUT2D eigenvalue weighted by Crippen LogP contribution is 2.21. The van der Waals surface area contributed by atoms with Gasteiger partial charge in [0.2, 0.25) is 0 Å². The number of aromatic nitrogens is 4. The number of nitrogens with zero attached hydrogens (tertiary/aromatic N) is 2. The second-order valence-electron chi connectivity index (χ2n) is 6.20. The summed E-state index contributed by atoms with van der Waals surface area (Å²) in [5.74, 6) is 0.868. The predicted molar refractivity (Wildman–Crippen MR) is 119 cm³/mol. The molecular formula is C20H20Cl2F2N6. The Bertz CT molecular complexity index is 962. The number of aromatic amines is 2. The molecule has 0 bridgehead atoms. The summed E-state index contributed by atoms with van der Waals surface area (Å²) in [4.78, 5) is 0. The largest absolute Gasteiger partial charge is 0.367 e. The molecule has 4 rings (SSSR count). The lowest BCUT2D eigenvalue weighted by Gasteiger charge is -2.03. The van der Waals surface area contributed by atoms with Crippen molar-refractivity contribution in [2.75, 3.05) is 23.7 Å². The first kappa shape index (κ1) is 23.2. The van der Waals surface area contributed by atoms with Gasteiger partial charge in [-0.15, -0.1) is 24.8 Å². The van der Waals surface area contributed by atoms with E-state index in [9.17, 15) is 8.78 Å². The molecule has 2 aromatic heterocycles. The molecule has 0 aliphatic heterocycles. The fourth-order valence-electron chi connectivity index (χ4n) is 2.76. The molecule has 30 heavy (non-hydrogen) atoms. The summed E-state index contributed by atoms with van der Waals surface area (Å²) < 4.78 is 26.0. The molecule has 4 aromatic rings. The summed E-state index contributed by atoms with van der Waals surface area (Å²) >= 11 is 0. The lowest BCUT2D eigenvalue weighted by Crippen LogP contribution is -2.13. The molecule has 158 valence electrons. The molecular weight excluding hydrogens is 433 g/mol. The molecule has 4 N–H and O–H groups in total. The van der Waals surface area contributed by atoms with Gasteiger partial charge in [0.25, 0.3) is 0 Å². The molecule has 0 saturated carbocycles. The summed E-state index contributed by atoms with van der Waals surface area (Å²) in [5.41, 5.74) is 3.35. The first-order chi connectivity index (χ1) is 13.7. The third-order valence-corrected chi connectivity index (χ3v) is 4.20. The Hall–Kier alpha value is -3.10. The van der Waals surface area contributed by atoms with Crippen LogP contribution in [0.5, 0.6) is 0 Å². The standard InChI is InChI=1S/C20H18F2N6.2ClH/c21-15-5-1-13(2-6-15)17-11-19(27-25-17)23-9-10-24-20-12-18(26-28-20)14-3-7-16(22)8-4-14;;/h1-8,11-12H,9-10H2,(H2,23,25,27)(H2,24,26,28);2*1H. The van der Waals surface area contributed by atoms with Gasteiger partial charge < -0.3 is 10.6 Å². The summed E-state index contributed by atoms with van der Waals surface area (Å²) in [6.45, 7) is 1.26. The average Bonchev–Trinajstić information content (AvgIpc) is 3.36. The van der Waals surface area contributed by atoms with Gasteiger partial charge in [-0.25, -0.2) is 8.78 Å². The molecule has 0 saturated heterocycles. The van der Waals surface area contributed by atoms with Crippen LogP contribution in [0.4, 0.5) is 20.4 Å². The number of rotatable bonds is 7. The first-order valence-corrected chi connectivity index (χ1v) is 8.78. The van der Waals surface area contributed by atoms with Gasteiger partial charge in [0.1, 0.15) is 23.3 Å². The number of anilines is 2. The maximum Gasteiger partial charge on any atom is 0.148 e. The van der Waals surface area contributed by atoms with E-state index in [0.717, 1.165) is 22.5 Å². The van der Waals surface area contributed by atoms with E-state index in [1.54, 1.807) is 24.3 Å². The summed E-state index contributed by atoms with van der Waals surface area (Å²) in [7, 11) is 0. The van der Waals surface area contributed by atoms with E-state index in [1.165, 1.54) is 24.3 Å². The van der Waals surface area contributed by atoms with Crippen LogP contribution in [-0.4, -0.2) is 33.5 Å². The molecule has 0 amide bonds. The topological polar surface area (TPSA) is 81.4 Å². The van der Waals surface area contributed by atoms with Gasteiger partial charge in [0.15, 0.2) is 0 Å². The van der Waals surface area contributed by atoms with Crippen LogP contribution < -0.4 is 10.6 Å². The third-order valence-electron chi connectivity index (χ3n) is 4.20. The number of H-pyrrole nitrogens is 2. The van der Waals surface area contributed by atoms with Crippen LogP contribution in [0.15, 0.2) is 60.7 Å². The fraction of sp³-hybridized carbons (Fsp3) is 0.100. The quantitative estimate of drug-likeness (QED) is 0.293. The molecule has 0 aliphatic carbocycles. The van der Waals surface area contributed by atoms with Crippen LogP contribution >= 0.6 is 24.8 Å². The minimum Gasteiger partial charge on any atom is -0.367 e. The van der Waals surface area contributed by atoms with Crippen LogP contribution in [0.2, 0.25) is 0 Å². The Balaban J connectivity index is 0.00000160. The lowest BCUT2D eigenvalue weighted by atomic mass is 10.1. The van der Waals surface area contributed by atoms with E-state index in [0.29, 0.717) is 24.7 Å².